The Hall–Kier alpha value is 0.130. The van der Waals surface area contributed by atoms with E-state index in [1.807, 2.05) is 0 Å². The Kier molecular flexibility index (Phi) is 4.44. The number of allylic oxidation sites excluding steroid dienone is 1. The molecule has 1 atom stereocenters. The highest BCUT2D eigenvalue weighted by molar-refractivity contribution is 14.1. The van der Waals surface area contributed by atoms with Gasteiger partial charge in [-0.1, -0.05) is 27.6 Å². The molecule has 2 N–H and O–H groups in total. The predicted molar refractivity (Wildman–Crippen MR) is 80.3 cm³/mol. The summed E-state index contributed by atoms with van der Waals surface area (Å²) in [6, 6.07) is 6.39. The maximum Gasteiger partial charge on any atom is 0.0521 e. The summed E-state index contributed by atoms with van der Waals surface area (Å²) >= 11 is 5.87. The number of benzene rings is 1. The Bertz CT molecular complexity index is 414. The maximum absolute atomic E-state index is 6.35. The van der Waals surface area contributed by atoms with Crippen LogP contribution in [0, 0.1) is 3.57 Å². The van der Waals surface area contributed by atoms with Gasteiger partial charge in [-0.3, -0.25) is 0 Å². The van der Waals surface area contributed by atoms with Crippen LogP contribution in [0.5, 0.6) is 0 Å². The van der Waals surface area contributed by atoms with Crippen molar-refractivity contribution in [3.63, 3.8) is 0 Å². The summed E-state index contributed by atoms with van der Waals surface area (Å²) < 4.78 is 2.36. The summed E-state index contributed by atoms with van der Waals surface area (Å²) in [7, 11) is 0. The first-order valence-electron chi connectivity index (χ1n) is 5.58. The Morgan fingerprint density at radius 1 is 1.31 bits per heavy atom. The summed E-state index contributed by atoms with van der Waals surface area (Å²) in [5.41, 5.74) is 8.99. The van der Waals surface area contributed by atoms with E-state index in [0.717, 1.165) is 10.9 Å². The lowest BCUT2D eigenvalue weighted by Crippen LogP contribution is -2.16. The molecule has 1 unspecified atom stereocenters. The highest BCUT2D eigenvalue weighted by atomic mass is 127. The quantitative estimate of drug-likeness (QED) is 0.580. The van der Waals surface area contributed by atoms with Crippen LogP contribution in [0.25, 0.3) is 0 Å². The molecule has 2 rings (SSSR count). The van der Waals surface area contributed by atoms with Gasteiger partial charge in [0.2, 0.25) is 0 Å². The molecule has 1 aromatic rings. The van der Waals surface area contributed by atoms with E-state index in [0.29, 0.717) is 0 Å². The third-order valence-electron chi connectivity index (χ3n) is 3.02. The zero-order valence-electron chi connectivity index (χ0n) is 9.05. The second-order valence-corrected chi connectivity index (χ2v) is 6.25. The number of nitrogens with two attached hydrogens (primary N) is 1. The van der Waals surface area contributed by atoms with E-state index >= 15 is 0 Å². The smallest absolute Gasteiger partial charge is 0.0521 e. The minimum absolute atomic E-state index is 0.0738. The van der Waals surface area contributed by atoms with Gasteiger partial charge in [0.15, 0.2) is 0 Å². The van der Waals surface area contributed by atoms with E-state index in [4.69, 9.17) is 5.73 Å². The van der Waals surface area contributed by atoms with E-state index in [2.05, 4.69) is 62.8 Å². The van der Waals surface area contributed by atoms with Gasteiger partial charge in [-0.05, 0) is 72.0 Å². The molecule has 0 radical (unpaired) electrons. The van der Waals surface area contributed by atoms with Crippen molar-refractivity contribution in [3.8, 4) is 0 Å². The fourth-order valence-electron chi connectivity index (χ4n) is 2.10. The predicted octanol–water partition coefficient (Wildman–Crippen LogP) is 4.55. The first kappa shape index (κ1) is 12.6. The van der Waals surface area contributed by atoms with Crippen LogP contribution in [0.15, 0.2) is 34.3 Å². The van der Waals surface area contributed by atoms with Crippen LogP contribution in [-0.4, -0.2) is 0 Å². The zero-order valence-corrected chi connectivity index (χ0v) is 12.8. The Morgan fingerprint density at radius 2 is 2.12 bits per heavy atom. The van der Waals surface area contributed by atoms with Crippen LogP contribution in [0.4, 0.5) is 0 Å². The first-order chi connectivity index (χ1) is 7.68. The molecular formula is C13H15BrIN. The molecular weight excluding hydrogens is 377 g/mol. The van der Waals surface area contributed by atoms with Crippen molar-refractivity contribution in [1.29, 1.82) is 0 Å². The largest absolute Gasteiger partial charge is 0.321 e. The average molecular weight is 392 g/mol. The minimum atomic E-state index is 0.0738. The van der Waals surface area contributed by atoms with Crippen LogP contribution in [-0.2, 0) is 0 Å². The third-order valence-corrected chi connectivity index (χ3v) is 4.49. The molecule has 0 fully saturated rings. The fraction of sp³-hybridized carbons (Fsp3) is 0.385. The molecule has 1 aliphatic carbocycles. The monoisotopic (exact) mass is 391 g/mol. The second-order valence-electron chi connectivity index (χ2n) is 4.17. The summed E-state index contributed by atoms with van der Waals surface area (Å²) in [6.45, 7) is 0. The molecule has 0 heterocycles. The molecule has 1 nitrogen and oxygen atoms in total. The molecule has 0 aromatic heterocycles. The Morgan fingerprint density at radius 3 is 2.81 bits per heavy atom. The van der Waals surface area contributed by atoms with Crippen molar-refractivity contribution in [1.82, 2.24) is 0 Å². The molecule has 0 bridgehead atoms. The molecule has 0 amide bonds. The highest BCUT2D eigenvalue weighted by Crippen LogP contribution is 2.31. The van der Waals surface area contributed by atoms with Crippen LogP contribution in [0.1, 0.15) is 37.3 Å². The van der Waals surface area contributed by atoms with E-state index < -0.39 is 0 Å². The van der Waals surface area contributed by atoms with E-state index in [1.165, 1.54) is 34.0 Å². The summed E-state index contributed by atoms with van der Waals surface area (Å²) in [6.07, 6.45) is 7.26. The van der Waals surface area contributed by atoms with Crippen molar-refractivity contribution in [3.05, 3.63) is 43.5 Å². The van der Waals surface area contributed by atoms with Crippen LogP contribution < -0.4 is 5.73 Å². The molecule has 3 heteroatoms. The van der Waals surface area contributed by atoms with Crippen molar-refractivity contribution in [2.75, 3.05) is 0 Å². The van der Waals surface area contributed by atoms with Gasteiger partial charge in [0.05, 0.1) is 6.04 Å². The molecule has 16 heavy (non-hydrogen) atoms. The molecule has 0 spiro atoms. The molecule has 0 aliphatic heterocycles. The van der Waals surface area contributed by atoms with E-state index in [9.17, 15) is 0 Å². The zero-order chi connectivity index (χ0) is 11.5. The second kappa shape index (κ2) is 5.65. The average Bonchev–Trinajstić information content (AvgIpc) is 2.32. The summed E-state index contributed by atoms with van der Waals surface area (Å²) in [4.78, 5) is 0. The molecule has 1 aliphatic rings. The first-order valence-corrected chi connectivity index (χ1v) is 7.45. The van der Waals surface area contributed by atoms with Crippen LogP contribution in [0.3, 0.4) is 0 Å². The Balaban J connectivity index is 2.29. The molecule has 0 saturated carbocycles. The SMILES string of the molecule is NC(C1=CCCCC1)c1cc(Br)ccc1I. The number of halogens is 2. The number of rotatable bonds is 2. The van der Waals surface area contributed by atoms with Crippen LogP contribution >= 0.6 is 38.5 Å². The lowest BCUT2D eigenvalue weighted by Gasteiger charge is -2.21. The normalized spacial score (nSPS) is 18.1. The standard InChI is InChI=1S/C13H15BrIN/c14-10-6-7-12(15)11(8-10)13(16)9-4-2-1-3-5-9/h4,6-8,13H,1-3,5,16H2. The van der Waals surface area contributed by atoms with Gasteiger partial charge in [0, 0.05) is 8.04 Å². The van der Waals surface area contributed by atoms with Crippen molar-refractivity contribution < 1.29 is 0 Å². The molecule has 0 saturated heterocycles. The minimum Gasteiger partial charge on any atom is -0.321 e. The van der Waals surface area contributed by atoms with Crippen molar-refractivity contribution in [2.24, 2.45) is 5.73 Å². The fourth-order valence-corrected chi connectivity index (χ4v) is 3.15. The van der Waals surface area contributed by atoms with Gasteiger partial charge in [0.1, 0.15) is 0 Å². The van der Waals surface area contributed by atoms with Gasteiger partial charge < -0.3 is 5.73 Å². The molecule has 86 valence electrons. The van der Waals surface area contributed by atoms with Gasteiger partial charge >= 0.3 is 0 Å². The van der Waals surface area contributed by atoms with Crippen molar-refractivity contribution in [2.45, 2.75) is 31.7 Å². The number of hydrogen-bond donors (Lipinski definition) is 1. The third kappa shape index (κ3) is 2.87. The maximum atomic E-state index is 6.35. The van der Waals surface area contributed by atoms with Gasteiger partial charge in [-0.25, -0.2) is 0 Å². The number of hydrogen-bond acceptors (Lipinski definition) is 1. The van der Waals surface area contributed by atoms with Crippen LogP contribution in [0.2, 0.25) is 0 Å². The lowest BCUT2D eigenvalue weighted by atomic mass is 9.90. The van der Waals surface area contributed by atoms with E-state index in [-0.39, 0.29) is 6.04 Å². The lowest BCUT2D eigenvalue weighted by molar-refractivity contribution is 0.647. The Labute approximate surface area is 119 Å². The van der Waals surface area contributed by atoms with Gasteiger partial charge in [-0.2, -0.15) is 0 Å². The molecule has 1 aromatic carbocycles. The summed E-state index contributed by atoms with van der Waals surface area (Å²) in [5, 5.41) is 0. The summed E-state index contributed by atoms with van der Waals surface area (Å²) in [5.74, 6) is 0. The highest BCUT2D eigenvalue weighted by Gasteiger charge is 2.16. The van der Waals surface area contributed by atoms with Crippen molar-refractivity contribution >= 4 is 38.5 Å². The van der Waals surface area contributed by atoms with Gasteiger partial charge in [-0.15, -0.1) is 0 Å². The topological polar surface area (TPSA) is 26.0 Å². The van der Waals surface area contributed by atoms with E-state index in [1.54, 1.807) is 0 Å². The van der Waals surface area contributed by atoms with Gasteiger partial charge in [0.25, 0.3) is 0 Å².